The van der Waals surface area contributed by atoms with Gasteiger partial charge in [-0.1, -0.05) is 26.0 Å². The van der Waals surface area contributed by atoms with E-state index in [1.54, 1.807) is 38.1 Å². The van der Waals surface area contributed by atoms with E-state index in [0.29, 0.717) is 18.7 Å². The molecule has 1 heterocycles. The first-order chi connectivity index (χ1) is 11.8. The average molecular weight is 474 g/mol. The summed E-state index contributed by atoms with van der Waals surface area (Å²) in [5.41, 5.74) is 0.0571. The van der Waals surface area contributed by atoms with E-state index >= 15 is 0 Å². The zero-order chi connectivity index (χ0) is 18.6. The van der Waals surface area contributed by atoms with Gasteiger partial charge in [-0.15, -0.1) is 0 Å². The summed E-state index contributed by atoms with van der Waals surface area (Å²) in [6, 6.07) is 9.44. The van der Waals surface area contributed by atoms with E-state index in [0.717, 1.165) is 8.14 Å². The summed E-state index contributed by atoms with van der Waals surface area (Å²) >= 11 is 2.14. The molecule has 8 heteroatoms. The predicted molar refractivity (Wildman–Crippen MR) is 104 cm³/mol. The molecule has 0 amide bonds. The summed E-state index contributed by atoms with van der Waals surface area (Å²) in [7, 11) is -3.69. The number of carbonyl (C=O) groups excluding carboxylic acids is 1. The summed E-state index contributed by atoms with van der Waals surface area (Å²) in [4.78, 5) is 24.4. The highest BCUT2D eigenvalue weighted by Gasteiger charge is 2.22. The van der Waals surface area contributed by atoms with Crippen LogP contribution in [0.3, 0.4) is 0 Å². The molecule has 0 saturated carbocycles. The molecule has 0 spiro atoms. The van der Waals surface area contributed by atoms with Gasteiger partial charge in [-0.2, -0.15) is 4.31 Å². The van der Waals surface area contributed by atoms with E-state index in [9.17, 15) is 18.0 Å². The number of nitrogens with zero attached hydrogens (tertiary/aromatic N) is 2. The molecule has 0 unspecified atom stereocenters. The third kappa shape index (κ3) is 4.56. The molecule has 0 atom stereocenters. The Balaban J connectivity index is 2.35. The largest absolute Gasteiger partial charge is 0.306 e. The predicted octanol–water partition coefficient (Wildman–Crippen LogP) is 2.37. The molecule has 1 aromatic carbocycles. The summed E-state index contributed by atoms with van der Waals surface area (Å²) < 4.78 is 28.6. The second-order valence-corrected chi connectivity index (χ2v) is 8.53. The number of hydrogen-bond donors (Lipinski definition) is 0. The minimum absolute atomic E-state index is 0.00575. The SMILES string of the molecule is CCN(CC)S(=O)(=O)c1ccc(=O)n(CC(=O)c2ccc(I)cc2)c1. The topological polar surface area (TPSA) is 76.5 Å². The molecule has 134 valence electrons. The average Bonchev–Trinajstić information content (AvgIpc) is 2.58. The number of benzene rings is 1. The molecule has 25 heavy (non-hydrogen) atoms. The lowest BCUT2D eigenvalue weighted by molar-refractivity contribution is 0.0970. The van der Waals surface area contributed by atoms with Gasteiger partial charge in [-0.25, -0.2) is 8.42 Å². The number of sulfonamides is 1. The van der Waals surface area contributed by atoms with Gasteiger partial charge in [-0.3, -0.25) is 9.59 Å². The van der Waals surface area contributed by atoms with Crippen LogP contribution in [0.5, 0.6) is 0 Å². The number of aromatic nitrogens is 1. The molecule has 0 bridgehead atoms. The van der Waals surface area contributed by atoms with Gasteiger partial charge in [0.15, 0.2) is 5.78 Å². The lowest BCUT2D eigenvalue weighted by Gasteiger charge is -2.19. The van der Waals surface area contributed by atoms with Crippen LogP contribution >= 0.6 is 22.6 Å². The number of ketones is 1. The molecule has 0 saturated heterocycles. The molecule has 0 aliphatic heterocycles. The van der Waals surface area contributed by atoms with Crippen LogP contribution in [0.4, 0.5) is 0 Å². The van der Waals surface area contributed by atoms with Crippen molar-refractivity contribution in [1.82, 2.24) is 8.87 Å². The van der Waals surface area contributed by atoms with Crippen molar-refractivity contribution in [1.29, 1.82) is 0 Å². The van der Waals surface area contributed by atoms with Crippen molar-refractivity contribution in [3.63, 3.8) is 0 Å². The zero-order valence-electron chi connectivity index (χ0n) is 14.0. The van der Waals surface area contributed by atoms with Gasteiger partial charge in [-0.05, 0) is 40.8 Å². The third-order valence-electron chi connectivity index (χ3n) is 3.78. The Bertz CT molecular complexity index is 916. The van der Waals surface area contributed by atoms with Crippen molar-refractivity contribution < 1.29 is 13.2 Å². The smallest absolute Gasteiger partial charge is 0.251 e. The molecular formula is C17H19IN2O4S. The van der Waals surface area contributed by atoms with E-state index in [4.69, 9.17) is 0 Å². The maximum absolute atomic E-state index is 12.6. The van der Waals surface area contributed by atoms with Gasteiger partial charge in [0.1, 0.15) is 0 Å². The summed E-state index contributed by atoms with van der Waals surface area (Å²) in [6.45, 7) is 3.95. The normalized spacial score (nSPS) is 11.7. The van der Waals surface area contributed by atoms with Crippen LogP contribution in [-0.2, 0) is 16.6 Å². The second-order valence-electron chi connectivity index (χ2n) is 5.35. The molecule has 6 nitrogen and oxygen atoms in total. The Kier molecular flexibility index (Phi) is 6.53. The third-order valence-corrected chi connectivity index (χ3v) is 6.53. The van der Waals surface area contributed by atoms with E-state index < -0.39 is 15.6 Å². The maximum atomic E-state index is 12.6. The highest BCUT2D eigenvalue weighted by Crippen LogP contribution is 2.14. The number of halogens is 1. The molecule has 2 rings (SSSR count). The Morgan fingerprint density at radius 3 is 2.24 bits per heavy atom. The molecule has 0 aliphatic carbocycles. The van der Waals surface area contributed by atoms with Gasteiger partial charge in [0, 0.05) is 34.5 Å². The highest BCUT2D eigenvalue weighted by molar-refractivity contribution is 14.1. The Labute approximate surface area is 160 Å². The summed E-state index contributed by atoms with van der Waals surface area (Å²) in [5, 5.41) is 0. The lowest BCUT2D eigenvalue weighted by atomic mass is 10.1. The summed E-state index contributed by atoms with van der Waals surface area (Å²) in [5.74, 6) is -0.254. The van der Waals surface area contributed by atoms with Gasteiger partial charge in [0.2, 0.25) is 10.0 Å². The van der Waals surface area contributed by atoms with Crippen molar-refractivity contribution >= 4 is 38.4 Å². The van der Waals surface area contributed by atoms with Gasteiger partial charge in [0.05, 0.1) is 11.4 Å². The van der Waals surface area contributed by atoms with Crippen LogP contribution in [0, 0.1) is 3.57 Å². The first-order valence-electron chi connectivity index (χ1n) is 7.79. The zero-order valence-corrected chi connectivity index (χ0v) is 17.0. The highest BCUT2D eigenvalue weighted by atomic mass is 127. The van der Waals surface area contributed by atoms with Crippen molar-refractivity contribution in [2.24, 2.45) is 0 Å². The molecule has 0 N–H and O–H groups in total. The monoisotopic (exact) mass is 474 g/mol. The van der Waals surface area contributed by atoms with Gasteiger partial charge in [0.25, 0.3) is 5.56 Å². The summed E-state index contributed by atoms with van der Waals surface area (Å²) in [6.07, 6.45) is 1.24. The fourth-order valence-electron chi connectivity index (χ4n) is 2.38. The van der Waals surface area contributed by atoms with E-state index in [-0.39, 0.29) is 17.2 Å². The lowest BCUT2D eigenvalue weighted by Crippen LogP contribution is -2.32. The molecule has 0 aliphatic rings. The number of rotatable bonds is 7. The van der Waals surface area contributed by atoms with Crippen molar-refractivity contribution in [3.8, 4) is 0 Å². The fraction of sp³-hybridized carbons (Fsp3) is 0.294. The number of pyridine rings is 1. The fourth-order valence-corrected chi connectivity index (χ4v) is 4.22. The molecule has 0 radical (unpaired) electrons. The van der Waals surface area contributed by atoms with Crippen LogP contribution < -0.4 is 5.56 Å². The van der Waals surface area contributed by atoms with E-state index in [2.05, 4.69) is 22.6 Å². The first-order valence-corrected chi connectivity index (χ1v) is 10.3. The molecule has 0 fully saturated rings. The van der Waals surface area contributed by atoms with Crippen LogP contribution in [0.15, 0.2) is 52.3 Å². The number of hydrogen-bond acceptors (Lipinski definition) is 4. The minimum atomic E-state index is -3.69. The number of Topliss-reactive ketones (excluding diaryl/α,β-unsaturated/α-hetero) is 1. The minimum Gasteiger partial charge on any atom is -0.306 e. The Morgan fingerprint density at radius 1 is 1.08 bits per heavy atom. The van der Waals surface area contributed by atoms with E-state index in [1.807, 2.05) is 0 Å². The van der Waals surface area contributed by atoms with Crippen molar-refractivity contribution in [2.75, 3.05) is 13.1 Å². The van der Waals surface area contributed by atoms with Crippen molar-refractivity contribution in [3.05, 3.63) is 62.1 Å². The quantitative estimate of drug-likeness (QED) is 0.456. The number of carbonyl (C=O) groups is 1. The van der Waals surface area contributed by atoms with Crippen LogP contribution in [0.1, 0.15) is 24.2 Å². The maximum Gasteiger partial charge on any atom is 0.251 e. The van der Waals surface area contributed by atoms with Crippen molar-refractivity contribution in [2.45, 2.75) is 25.3 Å². The molecule has 2 aromatic rings. The molecular weight excluding hydrogens is 455 g/mol. The van der Waals surface area contributed by atoms with Gasteiger partial charge < -0.3 is 4.57 Å². The van der Waals surface area contributed by atoms with Crippen LogP contribution in [0.25, 0.3) is 0 Å². The standard InChI is InChI=1S/C17H19IN2O4S/c1-3-20(4-2)25(23,24)15-9-10-17(22)19(11-15)12-16(21)13-5-7-14(18)8-6-13/h5-11H,3-4,12H2,1-2H3. The Hall–Kier alpha value is -1.52. The van der Waals surface area contributed by atoms with Crippen LogP contribution in [-0.4, -0.2) is 36.2 Å². The second kappa shape index (κ2) is 8.24. The Morgan fingerprint density at radius 2 is 1.68 bits per heavy atom. The van der Waals surface area contributed by atoms with E-state index in [1.165, 1.54) is 22.6 Å². The van der Waals surface area contributed by atoms with Crippen LogP contribution in [0.2, 0.25) is 0 Å². The van der Waals surface area contributed by atoms with Gasteiger partial charge >= 0.3 is 0 Å². The molecule has 1 aromatic heterocycles. The first kappa shape index (κ1) is 19.8.